The molecule has 0 saturated carbocycles. The number of nitrogens with zero attached hydrogens (tertiary/aromatic N) is 4. The molecule has 0 fully saturated rings. The van der Waals surface area contributed by atoms with Gasteiger partial charge >= 0.3 is 6.18 Å². The van der Waals surface area contributed by atoms with Gasteiger partial charge in [-0.3, -0.25) is 4.68 Å². The molecule has 2 heterocycles. The molecule has 3 rings (SSSR count). The molecule has 4 nitrogen and oxygen atoms in total. The summed E-state index contributed by atoms with van der Waals surface area (Å²) in [5, 5.41) is 4.25. The van der Waals surface area contributed by atoms with E-state index < -0.39 is 11.7 Å². The van der Waals surface area contributed by atoms with E-state index in [1.807, 2.05) is 38.1 Å². The molecule has 0 bridgehead atoms. The van der Waals surface area contributed by atoms with Gasteiger partial charge in [-0.25, -0.2) is 4.98 Å². The number of fused-ring (bicyclic) bond motifs is 1. The summed E-state index contributed by atoms with van der Waals surface area (Å²) in [5.41, 5.74) is 1.21. The van der Waals surface area contributed by atoms with Crippen molar-refractivity contribution in [2.75, 3.05) is 19.0 Å². The maximum Gasteiger partial charge on any atom is 0.417 e. The van der Waals surface area contributed by atoms with Gasteiger partial charge in [0.2, 0.25) is 0 Å². The summed E-state index contributed by atoms with van der Waals surface area (Å²) in [7, 11) is 3.76. The van der Waals surface area contributed by atoms with Gasteiger partial charge in [-0.1, -0.05) is 19.1 Å². The fourth-order valence-electron chi connectivity index (χ4n) is 2.71. The molecule has 0 atom stereocenters. The molecule has 0 unspecified atom stereocenters. The first-order chi connectivity index (χ1) is 11.8. The summed E-state index contributed by atoms with van der Waals surface area (Å²) < 4.78 is 42.2. The average Bonchev–Trinajstić information content (AvgIpc) is 2.95. The van der Waals surface area contributed by atoms with Crippen molar-refractivity contribution >= 4 is 16.7 Å². The van der Waals surface area contributed by atoms with E-state index in [0.717, 1.165) is 18.2 Å². The maximum absolute atomic E-state index is 13.5. The third kappa shape index (κ3) is 3.45. The Balaban J connectivity index is 2.21. The Morgan fingerprint density at radius 2 is 1.92 bits per heavy atom. The van der Waals surface area contributed by atoms with Crippen molar-refractivity contribution in [2.45, 2.75) is 26.1 Å². The summed E-state index contributed by atoms with van der Waals surface area (Å²) >= 11 is 0. The lowest BCUT2D eigenvalue weighted by molar-refractivity contribution is -0.136. The number of rotatable bonds is 4. The molecular formula is C18H19F3N4. The van der Waals surface area contributed by atoms with E-state index >= 15 is 0 Å². The fourth-order valence-corrected chi connectivity index (χ4v) is 2.71. The van der Waals surface area contributed by atoms with Crippen molar-refractivity contribution in [2.24, 2.45) is 0 Å². The molecule has 132 valence electrons. The molecule has 1 aromatic carbocycles. The third-order valence-corrected chi connectivity index (χ3v) is 3.96. The van der Waals surface area contributed by atoms with Crippen LogP contribution >= 0.6 is 0 Å². The number of aromatic nitrogens is 3. The normalized spacial score (nSPS) is 11.9. The smallest absolute Gasteiger partial charge is 0.378 e. The van der Waals surface area contributed by atoms with Gasteiger partial charge in [0.1, 0.15) is 0 Å². The van der Waals surface area contributed by atoms with Crippen molar-refractivity contribution < 1.29 is 13.2 Å². The van der Waals surface area contributed by atoms with E-state index in [1.165, 1.54) is 10.9 Å². The van der Waals surface area contributed by atoms with Gasteiger partial charge in [-0.2, -0.15) is 18.3 Å². The number of anilines is 1. The quantitative estimate of drug-likeness (QED) is 0.691. The average molecular weight is 348 g/mol. The highest BCUT2D eigenvalue weighted by Crippen LogP contribution is 2.36. The van der Waals surface area contributed by atoms with Gasteiger partial charge in [-0.05, 0) is 24.6 Å². The lowest BCUT2D eigenvalue weighted by Crippen LogP contribution is -2.09. The molecule has 0 spiro atoms. The molecule has 0 aliphatic carbocycles. The van der Waals surface area contributed by atoms with Gasteiger partial charge < -0.3 is 4.90 Å². The van der Waals surface area contributed by atoms with Gasteiger partial charge in [0, 0.05) is 38.1 Å². The maximum atomic E-state index is 13.5. The number of benzene rings is 1. The second-order valence-electron chi connectivity index (χ2n) is 6.13. The molecule has 25 heavy (non-hydrogen) atoms. The Hall–Kier alpha value is -2.57. The highest BCUT2D eigenvalue weighted by atomic mass is 19.4. The van der Waals surface area contributed by atoms with Gasteiger partial charge in [0.05, 0.1) is 16.6 Å². The Bertz CT molecular complexity index is 897. The zero-order valence-corrected chi connectivity index (χ0v) is 14.3. The van der Waals surface area contributed by atoms with Crippen LogP contribution in [0.4, 0.5) is 18.9 Å². The molecule has 0 amide bonds. The van der Waals surface area contributed by atoms with Crippen LogP contribution < -0.4 is 4.90 Å². The first-order valence-electron chi connectivity index (χ1n) is 8.02. The lowest BCUT2D eigenvalue weighted by Gasteiger charge is -2.14. The predicted molar refractivity (Wildman–Crippen MR) is 92.6 cm³/mol. The van der Waals surface area contributed by atoms with Crippen LogP contribution in [-0.2, 0) is 12.7 Å². The second kappa shape index (κ2) is 6.38. The first-order valence-corrected chi connectivity index (χ1v) is 8.02. The minimum Gasteiger partial charge on any atom is -0.378 e. The van der Waals surface area contributed by atoms with Crippen LogP contribution in [0.25, 0.3) is 22.3 Å². The number of aryl methyl sites for hydroxylation is 1. The molecule has 0 aliphatic rings. The Morgan fingerprint density at radius 1 is 1.16 bits per heavy atom. The van der Waals surface area contributed by atoms with Crippen molar-refractivity contribution in [3.05, 3.63) is 42.1 Å². The van der Waals surface area contributed by atoms with Gasteiger partial charge in [-0.15, -0.1) is 0 Å². The largest absolute Gasteiger partial charge is 0.417 e. The third-order valence-electron chi connectivity index (χ3n) is 3.96. The van der Waals surface area contributed by atoms with Crippen molar-refractivity contribution in [1.29, 1.82) is 0 Å². The van der Waals surface area contributed by atoms with Crippen LogP contribution in [0.5, 0.6) is 0 Å². The number of alkyl halides is 3. The molecule has 2 aromatic heterocycles. The van der Waals surface area contributed by atoms with Crippen molar-refractivity contribution in [3.8, 4) is 11.3 Å². The van der Waals surface area contributed by atoms with Crippen LogP contribution in [0.3, 0.4) is 0 Å². The molecule has 0 aliphatic heterocycles. The number of hydrogen-bond donors (Lipinski definition) is 0. The molecule has 0 saturated heterocycles. The summed E-state index contributed by atoms with van der Waals surface area (Å²) in [4.78, 5) is 6.26. The van der Waals surface area contributed by atoms with Crippen LogP contribution in [0, 0.1) is 0 Å². The first kappa shape index (κ1) is 17.3. The Labute approximate surface area is 143 Å². The molecule has 3 aromatic rings. The number of pyridine rings is 1. The topological polar surface area (TPSA) is 34.0 Å². The fraction of sp³-hybridized carbons (Fsp3) is 0.333. The van der Waals surface area contributed by atoms with Crippen molar-refractivity contribution in [1.82, 2.24) is 14.8 Å². The zero-order valence-electron chi connectivity index (χ0n) is 14.3. The summed E-state index contributed by atoms with van der Waals surface area (Å²) in [5.74, 6) is 0. The van der Waals surface area contributed by atoms with E-state index in [1.54, 1.807) is 12.1 Å². The number of halogens is 3. The number of hydrogen-bond acceptors (Lipinski definition) is 3. The highest BCUT2D eigenvalue weighted by molar-refractivity contribution is 5.83. The van der Waals surface area contributed by atoms with Crippen LogP contribution in [0.2, 0.25) is 0 Å². The summed E-state index contributed by atoms with van der Waals surface area (Å²) in [6.07, 6.45) is -2.25. The van der Waals surface area contributed by atoms with E-state index in [2.05, 4.69) is 10.1 Å². The highest BCUT2D eigenvalue weighted by Gasteiger charge is 2.34. The Kier molecular flexibility index (Phi) is 4.41. The zero-order chi connectivity index (χ0) is 18.2. The van der Waals surface area contributed by atoms with Crippen LogP contribution in [-0.4, -0.2) is 28.9 Å². The van der Waals surface area contributed by atoms with Gasteiger partial charge in [0.25, 0.3) is 0 Å². The van der Waals surface area contributed by atoms with E-state index in [-0.39, 0.29) is 16.7 Å². The molecule has 7 heteroatoms. The summed E-state index contributed by atoms with van der Waals surface area (Å²) in [6, 6.07) is 8.37. The predicted octanol–water partition coefficient (Wildman–Crippen LogP) is 4.59. The van der Waals surface area contributed by atoms with Crippen LogP contribution in [0.15, 0.2) is 36.5 Å². The molecular weight excluding hydrogens is 329 g/mol. The van der Waals surface area contributed by atoms with E-state index in [9.17, 15) is 13.2 Å². The van der Waals surface area contributed by atoms with Crippen LogP contribution in [0.1, 0.15) is 18.9 Å². The van der Waals surface area contributed by atoms with Crippen molar-refractivity contribution in [3.63, 3.8) is 0 Å². The molecule has 0 radical (unpaired) electrons. The summed E-state index contributed by atoms with van der Waals surface area (Å²) in [6.45, 7) is 2.50. The standard InChI is InChI=1S/C18H19F3N4/c1-4-8-25-11-14-15(18(19,20)21)10-16(22-17(14)23-25)12-6-5-7-13(9-12)24(2)3/h5-7,9-11H,4,8H2,1-3H3. The SMILES string of the molecule is CCCn1cc2c(C(F)(F)F)cc(-c3cccc(N(C)C)c3)nc2n1. The lowest BCUT2D eigenvalue weighted by atomic mass is 10.1. The molecule has 0 N–H and O–H groups in total. The minimum atomic E-state index is -4.46. The Morgan fingerprint density at radius 3 is 2.56 bits per heavy atom. The van der Waals surface area contributed by atoms with Gasteiger partial charge in [0.15, 0.2) is 5.65 Å². The van der Waals surface area contributed by atoms with E-state index in [4.69, 9.17) is 0 Å². The van der Waals surface area contributed by atoms with E-state index in [0.29, 0.717) is 12.1 Å². The monoisotopic (exact) mass is 348 g/mol. The second-order valence-corrected chi connectivity index (χ2v) is 6.13. The minimum absolute atomic E-state index is 0.0356.